The van der Waals surface area contributed by atoms with Crippen molar-refractivity contribution < 1.29 is 9.90 Å². The molecule has 0 unspecified atom stereocenters. The summed E-state index contributed by atoms with van der Waals surface area (Å²) in [6.45, 7) is 3.27. The molecule has 1 aromatic heterocycles. The molecule has 3 rings (SSSR count). The molecule has 2 aliphatic rings. The average molecular weight is 247 g/mol. The second kappa shape index (κ2) is 4.23. The fraction of sp³-hybridized carbons (Fsp3) is 0.615. The van der Waals surface area contributed by atoms with E-state index in [2.05, 4.69) is 15.1 Å². The minimum atomic E-state index is -0.672. The number of carboxylic acids is 1. The van der Waals surface area contributed by atoms with Gasteiger partial charge >= 0.3 is 5.97 Å². The molecular weight excluding hydrogens is 230 g/mol. The van der Waals surface area contributed by atoms with Crippen LogP contribution < -0.4 is 4.90 Å². The van der Waals surface area contributed by atoms with Crippen LogP contribution in [0.2, 0.25) is 0 Å². The van der Waals surface area contributed by atoms with Gasteiger partial charge in [-0.25, -0.2) is 0 Å². The van der Waals surface area contributed by atoms with Crippen molar-refractivity contribution in [2.75, 3.05) is 18.0 Å². The Balaban J connectivity index is 1.79. The van der Waals surface area contributed by atoms with Gasteiger partial charge in [-0.15, -0.1) is 5.10 Å². The molecule has 2 fully saturated rings. The summed E-state index contributed by atoms with van der Waals surface area (Å²) < 4.78 is 0. The highest BCUT2D eigenvalue weighted by atomic mass is 16.4. The number of hydrogen-bond acceptors (Lipinski definition) is 4. The number of aromatic nitrogens is 2. The molecule has 5 nitrogen and oxygen atoms in total. The highest BCUT2D eigenvalue weighted by Gasteiger charge is 2.45. The molecule has 1 aliphatic carbocycles. The first-order valence-corrected chi connectivity index (χ1v) is 6.43. The van der Waals surface area contributed by atoms with Gasteiger partial charge in [-0.3, -0.25) is 4.79 Å². The van der Waals surface area contributed by atoms with Gasteiger partial charge in [-0.05, 0) is 43.7 Å². The first kappa shape index (κ1) is 11.4. The molecule has 1 saturated heterocycles. The maximum Gasteiger partial charge on any atom is 0.308 e. The smallest absolute Gasteiger partial charge is 0.308 e. The van der Waals surface area contributed by atoms with Gasteiger partial charge in [-0.2, -0.15) is 5.10 Å². The summed E-state index contributed by atoms with van der Waals surface area (Å²) in [5.74, 6) is 0.769. The van der Waals surface area contributed by atoms with Crippen LogP contribution in [-0.4, -0.2) is 34.4 Å². The summed E-state index contributed by atoms with van der Waals surface area (Å²) in [4.78, 5) is 13.4. The fourth-order valence-electron chi connectivity index (χ4n) is 2.84. The van der Waals surface area contributed by atoms with E-state index in [1.54, 1.807) is 0 Å². The lowest BCUT2D eigenvalue weighted by molar-refractivity contribution is -0.142. The molecule has 1 aromatic rings. The van der Waals surface area contributed by atoms with Crippen molar-refractivity contribution in [3.63, 3.8) is 0 Å². The summed E-state index contributed by atoms with van der Waals surface area (Å²) in [7, 11) is 0. The van der Waals surface area contributed by atoms with E-state index < -0.39 is 5.97 Å². The van der Waals surface area contributed by atoms with E-state index in [0.29, 0.717) is 12.5 Å². The van der Waals surface area contributed by atoms with E-state index in [9.17, 15) is 9.90 Å². The second-order valence-electron chi connectivity index (χ2n) is 5.38. The quantitative estimate of drug-likeness (QED) is 0.873. The molecule has 5 heteroatoms. The van der Waals surface area contributed by atoms with Crippen molar-refractivity contribution in [3.8, 4) is 0 Å². The fourth-order valence-corrected chi connectivity index (χ4v) is 2.84. The monoisotopic (exact) mass is 247 g/mol. The largest absolute Gasteiger partial charge is 0.481 e. The van der Waals surface area contributed by atoms with Crippen LogP contribution in [-0.2, 0) is 4.79 Å². The molecule has 96 valence electrons. The summed E-state index contributed by atoms with van der Waals surface area (Å²) >= 11 is 0. The van der Waals surface area contributed by atoms with Gasteiger partial charge in [0.2, 0.25) is 0 Å². The van der Waals surface area contributed by atoms with E-state index >= 15 is 0 Å². The third-order valence-corrected chi connectivity index (χ3v) is 4.02. The number of nitrogens with zero attached hydrogens (tertiary/aromatic N) is 3. The summed E-state index contributed by atoms with van der Waals surface area (Å²) in [5, 5.41) is 17.5. The van der Waals surface area contributed by atoms with Gasteiger partial charge in [0.05, 0.1) is 11.6 Å². The predicted octanol–water partition coefficient (Wildman–Crippen LogP) is 1.33. The molecule has 1 saturated carbocycles. The zero-order valence-electron chi connectivity index (χ0n) is 10.4. The van der Waals surface area contributed by atoms with Gasteiger partial charge in [0.25, 0.3) is 0 Å². The van der Waals surface area contributed by atoms with Crippen molar-refractivity contribution in [3.05, 3.63) is 17.8 Å². The van der Waals surface area contributed by atoms with E-state index in [0.717, 1.165) is 18.1 Å². The minimum Gasteiger partial charge on any atom is -0.481 e. The molecular formula is C13H17N3O2. The molecule has 0 spiro atoms. The standard InChI is InChI=1S/C13H17N3O2/c1-8-2-5-12(15-14-8)16-6-10(9-3-4-9)11(7-16)13(17)18/h2,5,9-11H,3-4,6-7H2,1H3,(H,17,18)/t10-,11+/m0/s1. The number of carbonyl (C=O) groups is 1. The van der Waals surface area contributed by atoms with Crippen LogP contribution >= 0.6 is 0 Å². The number of carboxylic acid groups (broad SMARTS) is 1. The lowest BCUT2D eigenvalue weighted by Crippen LogP contribution is -2.24. The van der Waals surface area contributed by atoms with Crippen LogP contribution in [0.3, 0.4) is 0 Å². The van der Waals surface area contributed by atoms with Crippen LogP contribution in [0.15, 0.2) is 12.1 Å². The van der Waals surface area contributed by atoms with Crippen molar-refractivity contribution in [1.29, 1.82) is 0 Å². The zero-order valence-corrected chi connectivity index (χ0v) is 10.4. The van der Waals surface area contributed by atoms with Crippen LogP contribution in [0.5, 0.6) is 0 Å². The lowest BCUT2D eigenvalue weighted by Gasteiger charge is -2.16. The topological polar surface area (TPSA) is 66.3 Å². The SMILES string of the molecule is Cc1ccc(N2C[C@@H](C(=O)O)[C@H](C3CC3)C2)nn1. The first-order valence-electron chi connectivity index (χ1n) is 6.43. The minimum absolute atomic E-state index is 0.249. The third-order valence-electron chi connectivity index (χ3n) is 4.02. The molecule has 2 heterocycles. The second-order valence-corrected chi connectivity index (χ2v) is 5.38. The van der Waals surface area contributed by atoms with E-state index in [1.165, 1.54) is 12.8 Å². The summed E-state index contributed by atoms with van der Waals surface area (Å²) in [6, 6.07) is 3.85. The molecule has 18 heavy (non-hydrogen) atoms. The Hall–Kier alpha value is -1.65. The predicted molar refractivity (Wildman–Crippen MR) is 66.3 cm³/mol. The Kier molecular flexibility index (Phi) is 2.69. The Bertz CT molecular complexity index is 456. The van der Waals surface area contributed by atoms with Crippen LogP contribution in [0, 0.1) is 24.7 Å². The van der Waals surface area contributed by atoms with Gasteiger partial charge in [0, 0.05) is 13.1 Å². The Labute approximate surface area is 106 Å². The number of rotatable bonds is 3. The normalized spacial score (nSPS) is 27.5. The maximum atomic E-state index is 11.3. The van der Waals surface area contributed by atoms with Gasteiger partial charge < -0.3 is 10.0 Å². The van der Waals surface area contributed by atoms with Crippen LogP contribution in [0.4, 0.5) is 5.82 Å². The highest BCUT2D eigenvalue weighted by Crippen LogP contribution is 2.44. The summed E-state index contributed by atoms with van der Waals surface area (Å²) in [5.41, 5.74) is 0.881. The van der Waals surface area contributed by atoms with Crippen LogP contribution in [0.1, 0.15) is 18.5 Å². The molecule has 0 radical (unpaired) electrons. The van der Waals surface area contributed by atoms with Gasteiger partial charge in [-0.1, -0.05) is 0 Å². The van der Waals surface area contributed by atoms with Crippen molar-refractivity contribution in [1.82, 2.24) is 10.2 Å². The average Bonchev–Trinajstić information content (AvgIpc) is 3.09. The first-order chi connectivity index (χ1) is 8.65. The maximum absolute atomic E-state index is 11.3. The number of aryl methyl sites for hydroxylation is 1. The van der Waals surface area contributed by atoms with Crippen LogP contribution in [0.25, 0.3) is 0 Å². The number of aliphatic carboxylic acids is 1. The third kappa shape index (κ3) is 2.05. The molecule has 0 bridgehead atoms. The molecule has 1 N–H and O–H groups in total. The van der Waals surface area contributed by atoms with Gasteiger partial charge in [0.15, 0.2) is 5.82 Å². The Morgan fingerprint density at radius 2 is 2.11 bits per heavy atom. The molecule has 0 aromatic carbocycles. The van der Waals surface area contributed by atoms with Crippen molar-refractivity contribution >= 4 is 11.8 Å². The number of anilines is 1. The van der Waals surface area contributed by atoms with E-state index in [-0.39, 0.29) is 11.8 Å². The molecule has 2 atom stereocenters. The highest BCUT2D eigenvalue weighted by molar-refractivity contribution is 5.72. The van der Waals surface area contributed by atoms with Gasteiger partial charge in [0.1, 0.15) is 0 Å². The van der Waals surface area contributed by atoms with Crippen molar-refractivity contribution in [2.24, 2.45) is 17.8 Å². The molecule has 1 aliphatic heterocycles. The van der Waals surface area contributed by atoms with E-state index in [4.69, 9.17) is 0 Å². The zero-order chi connectivity index (χ0) is 12.7. The Morgan fingerprint density at radius 1 is 1.33 bits per heavy atom. The summed E-state index contributed by atoms with van der Waals surface area (Å²) in [6.07, 6.45) is 2.36. The van der Waals surface area contributed by atoms with E-state index in [1.807, 2.05) is 19.1 Å². The number of hydrogen-bond donors (Lipinski definition) is 1. The lowest BCUT2D eigenvalue weighted by atomic mass is 9.92. The van der Waals surface area contributed by atoms with Crippen molar-refractivity contribution in [2.45, 2.75) is 19.8 Å². The molecule has 0 amide bonds. The Morgan fingerprint density at radius 3 is 2.67 bits per heavy atom.